The van der Waals surface area contributed by atoms with E-state index in [1.165, 1.54) is 0 Å². The maximum atomic E-state index is 12.7. The number of aromatic nitrogens is 4. The SMILES string of the molecule is Cc1ccc2c(c1)c(=O)n(C)c1nnc(CN(CC(C)C)CC(C)C)n21. The second-order valence-electron chi connectivity index (χ2n) is 8.12. The van der Waals surface area contributed by atoms with Crippen molar-refractivity contribution >= 4 is 16.7 Å². The summed E-state index contributed by atoms with van der Waals surface area (Å²) in [4.78, 5) is 15.1. The first kappa shape index (κ1) is 18.6. The Morgan fingerprint density at radius 2 is 1.73 bits per heavy atom. The average molecular weight is 355 g/mol. The first-order valence-corrected chi connectivity index (χ1v) is 9.33. The minimum Gasteiger partial charge on any atom is -0.295 e. The molecule has 3 aromatic rings. The smallest absolute Gasteiger partial charge is 0.262 e. The van der Waals surface area contributed by atoms with Gasteiger partial charge >= 0.3 is 0 Å². The number of aryl methyl sites for hydroxylation is 2. The van der Waals surface area contributed by atoms with Crippen LogP contribution >= 0.6 is 0 Å². The summed E-state index contributed by atoms with van der Waals surface area (Å²) in [6.07, 6.45) is 0. The minimum absolute atomic E-state index is 0.0311. The summed E-state index contributed by atoms with van der Waals surface area (Å²) in [6, 6.07) is 5.98. The molecule has 0 aliphatic carbocycles. The van der Waals surface area contributed by atoms with Crippen molar-refractivity contribution in [2.45, 2.75) is 41.2 Å². The van der Waals surface area contributed by atoms with E-state index >= 15 is 0 Å². The summed E-state index contributed by atoms with van der Waals surface area (Å²) in [5.74, 6) is 2.63. The Hall–Kier alpha value is -2.21. The van der Waals surface area contributed by atoms with Crippen LogP contribution in [-0.2, 0) is 13.6 Å². The third-order valence-corrected chi connectivity index (χ3v) is 4.55. The fourth-order valence-corrected chi connectivity index (χ4v) is 3.60. The summed E-state index contributed by atoms with van der Waals surface area (Å²) in [6.45, 7) is 13.7. The number of fused-ring (bicyclic) bond motifs is 3. The summed E-state index contributed by atoms with van der Waals surface area (Å²) in [5, 5.41) is 9.46. The van der Waals surface area contributed by atoms with Crippen LogP contribution in [0.4, 0.5) is 0 Å². The molecule has 2 aromatic heterocycles. The predicted octanol–water partition coefficient (Wildman–Crippen LogP) is 3.00. The second-order valence-corrected chi connectivity index (χ2v) is 8.12. The van der Waals surface area contributed by atoms with Crippen molar-refractivity contribution in [3.63, 3.8) is 0 Å². The lowest BCUT2D eigenvalue weighted by Crippen LogP contribution is -2.32. The van der Waals surface area contributed by atoms with Gasteiger partial charge in [-0.3, -0.25) is 18.7 Å². The van der Waals surface area contributed by atoms with Crippen molar-refractivity contribution in [2.24, 2.45) is 18.9 Å². The van der Waals surface area contributed by atoms with Gasteiger partial charge in [0, 0.05) is 20.1 Å². The van der Waals surface area contributed by atoms with Crippen LogP contribution in [0, 0.1) is 18.8 Å². The first-order chi connectivity index (χ1) is 12.3. The number of hydrogen-bond donors (Lipinski definition) is 0. The van der Waals surface area contributed by atoms with Crippen LogP contribution in [0.25, 0.3) is 16.7 Å². The van der Waals surface area contributed by atoms with Crippen molar-refractivity contribution < 1.29 is 0 Å². The highest BCUT2D eigenvalue weighted by Crippen LogP contribution is 2.17. The molecule has 2 heterocycles. The molecule has 0 atom stereocenters. The molecule has 0 saturated heterocycles. The Kier molecular flexibility index (Phi) is 5.14. The van der Waals surface area contributed by atoms with E-state index in [0.29, 0.717) is 23.0 Å². The van der Waals surface area contributed by atoms with E-state index in [1.54, 1.807) is 11.6 Å². The Bertz CT molecular complexity index is 973. The lowest BCUT2D eigenvalue weighted by atomic mass is 10.1. The van der Waals surface area contributed by atoms with Crippen molar-refractivity contribution in [1.29, 1.82) is 0 Å². The first-order valence-electron chi connectivity index (χ1n) is 9.33. The van der Waals surface area contributed by atoms with E-state index in [4.69, 9.17) is 0 Å². The van der Waals surface area contributed by atoms with E-state index in [-0.39, 0.29) is 5.56 Å². The molecule has 0 radical (unpaired) electrons. The Balaban J connectivity index is 2.15. The number of nitrogens with zero attached hydrogens (tertiary/aromatic N) is 5. The Morgan fingerprint density at radius 1 is 1.08 bits per heavy atom. The van der Waals surface area contributed by atoms with Gasteiger partial charge in [0.15, 0.2) is 5.82 Å². The molecule has 26 heavy (non-hydrogen) atoms. The van der Waals surface area contributed by atoms with Crippen LogP contribution in [0.5, 0.6) is 0 Å². The van der Waals surface area contributed by atoms with E-state index in [0.717, 1.165) is 36.5 Å². The molecule has 0 spiro atoms. The molecule has 0 unspecified atom stereocenters. The van der Waals surface area contributed by atoms with Crippen LogP contribution in [0.3, 0.4) is 0 Å². The molecule has 0 amide bonds. The van der Waals surface area contributed by atoms with Crippen molar-refractivity contribution in [1.82, 2.24) is 24.1 Å². The summed E-state index contributed by atoms with van der Waals surface area (Å²) in [5.41, 5.74) is 1.92. The van der Waals surface area contributed by atoms with Gasteiger partial charge in [-0.05, 0) is 30.9 Å². The maximum absolute atomic E-state index is 12.7. The van der Waals surface area contributed by atoms with Gasteiger partial charge in [-0.2, -0.15) is 0 Å². The second kappa shape index (κ2) is 7.19. The zero-order valence-electron chi connectivity index (χ0n) is 16.7. The van der Waals surface area contributed by atoms with E-state index in [2.05, 4.69) is 42.8 Å². The molecule has 3 rings (SSSR count). The third kappa shape index (κ3) is 3.51. The largest absolute Gasteiger partial charge is 0.295 e. The molecule has 140 valence electrons. The molecule has 0 N–H and O–H groups in total. The van der Waals surface area contributed by atoms with Gasteiger partial charge in [0.25, 0.3) is 5.56 Å². The Labute approximate surface area is 154 Å². The number of rotatable bonds is 6. The van der Waals surface area contributed by atoms with E-state index in [9.17, 15) is 4.79 Å². The highest BCUT2D eigenvalue weighted by atomic mass is 16.1. The van der Waals surface area contributed by atoms with E-state index < -0.39 is 0 Å². The van der Waals surface area contributed by atoms with E-state index in [1.807, 2.05) is 29.5 Å². The molecular weight excluding hydrogens is 326 g/mol. The molecule has 0 saturated carbocycles. The quantitative estimate of drug-likeness (QED) is 0.682. The molecule has 6 heteroatoms. The average Bonchev–Trinajstić information content (AvgIpc) is 2.95. The van der Waals surface area contributed by atoms with Gasteiger partial charge in [0.2, 0.25) is 5.78 Å². The lowest BCUT2D eigenvalue weighted by molar-refractivity contribution is 0.206. The molecule has 0 aliphatic heterocycles. The van der Waals surface area contributed by atoms with Gasteiger partial charge in [-0.25, -0.2) is 0 Å². The van der Waals surface area contributed by atoms with Crippen molar-refractivity contribution in [3.8, 4) is 0 Å². The molecule has 0 fully saturated rings. The summed E-state index contributed by atoms with van der Waals surface area (Å²) >= 11 is 0. The fraction of sp³-hybridized carbons (Fsp3) is 0.550. The number of benzene rings is 1. The normalized spacial score (nSPS) is 12.3. The van der Waals surface area contributed by atoms with Crippen LogP contribution < -0.4 is 5.56 Å². The van der Waals surface area contributed by atoms with Crippen molar-refractivity contribution in [2.75, 3.05) is 13.1 Å². The monoisotopic (exact) mass is 355 g/mol. The highest BCUT2D eigenvalue weighted by molar-refractivity contribution is 5.81. The van der Waals surface area contributed by atoms with Crippen LogP contribution in [-0.4, -0.2) is 37.2 Å². The summed E-state index contributed by atoms with van der Waals surface area (Å²) < 4.78 is 3.62. The molecule has 0 aliphatic rings. The zero-order valence-corrected chi connectivity index (χ0v) is 16.7. The minimum atomic E-state index is -0.0311. The predicted molar refractivity (Wildman–Crippen MR) is 105 cm³/mol. The van der Waals surface area contributed by atoms with Gasteiger partial charge in [-0.15, -0.1) is 10.2 Å². The van der Waals surface area contributed by atoms with Crippen molar-refractivity contribution in [3.05, 3.63) is 39.9 Å². The number of hydrogen-bond acceptors (Lipinski definition) is 4. The van der Waals surface area contributed by atoms with Gasteiger partial charge in [0.05, 0.1) is 17.4 Å². The lowest BCUT2D eigenvalue weighted by Gasteiger charge is -2.25. The van der Waals surface area contributed by atoms with Gasteiger partial charge in [0.1, 0.15) is 0 Å². The van der Waals surface area contributed by atoms with Gasteiger partial charge < -0.3 is 0 Å². The van der Waals surface area contributed by atoms with Crippen LogP contribution in [0.1, 0.15) is 39.1 Å². The molecule has 0 bridgehead atoms. The fourth-order valence-electron chi connectivity index (χ4n) is 3.60. The topological polar surface area (TPSA) is 55.4 Å². The standard InChI is InChI=1S/C20H29N5O/c1-13(2)10-24(11-14(3)4)12-18-21-22-20-23(6)19(26)16-9-15(5)7-8-17(16)25(18)20/h7-9,13-14H,10-12H2,1-6H3. The van der Waals surface area contributed by atoms with Gasteiger partial charge in [-0.1, -0.05) is 39.3 Å². The summed E-state index contributed by atoms with van der Waals surface area (Å²) in [7, 11) is 1.76. The zero-order chi connectivity index (χ0) is 19.0. The third-order valence-electron chi connectivity index (χ3n) is 4.55. The van der Waals surface area contributed by atoms with Crippen LogP contribution in [0.15, 0.2) is 23.0 Å². The molecular formula is C20H29N5O. The Morgan fingerprint density at radius 3 is 2.35 bits per heavy atom. The maximum Gasteiger partial charge on any atom is 0.262 e. The molecule has 1 aromatic carbocycles. The van der Waals surface area contributed by atoms with Crippen LogP contribution in [0.2, 0.25) is 0 Å². The highest BCUT2D eigenvalue weighted by Gasteiger charge is 2.18. The molecule has 6 nitrogen and oxygen atoms in total.